The molecular weight excluding hydrogens is 442 g/mol. The highest BCUT2D eigenvalue weighted by atomic mass is 16.5. The molecule has 9 heteroatoms. The number of oxazole rings is 1. The number of rotatable bonds is 12. The van der Waals surface area contributed by atoms with Crippen molar-refractivity contribution in [1.82, 2.24) is 24.8 Å². The summed E-state index contributed by atoms with van der Waals surface area (Å²) in [5.74, 6) is 2.86. The summed E-state index contributed by atoms with van der Waals surface area (Å²) in [5, 5.41) is 6.65. The number of methoxy groups -OCH3 is 1. The van der Waals surface area contributed by atoms with Crippen LogP contribution in [0, 0.1) is 0 Å². The van der Waals surface area contributed by atoms with Crippen molar-refractivity contribution in [2.75, 3.05) is 43.9 Å². The molecule has 2 heterocycles. The van der Waals surface area contributed by atoms with Gasteiger partial charge in [-0.1, -0.05) is 44.2 Å². The van der Waals surface area contributed by atoms with Gasteiger partial charge in [0.1, 0.15) is 5.75 Å². The second-order valence-electron chi connectivity index (χ2n) is 7.89. The Morgan fingerprint density at radius 1 is 0.971 bits per heavy atom. The minimum atomic E-state index is 0.444. The van der Waals surface area contributed by atoms with Gasteiger partial charge in [0.05, 0.1) is 18.9 Å². The van der Waals surface area contributed by atoms with Crippen molar-refractivity contribution >= 4 is 17.6 Å². The molecule has 0 unspecified atom stereocenters. The molecule has 0 saturated heterocycles. The van der Waals surface area contributed by atoms with Crippen molar-refractivity contribution in [3.63, 3.8) is 0 Å². The van der Waals surface area contributed by atoms with Crippen LogP contribution in [0.1, 0.15) is 20.3 Å². The summed E-state index contributed by atoms with van der Waals surface area (Å²) in [4.78, 5) is 20.3. The molecule has 0 amide bonds. The molecular formula is C26H31N7O2. The summed E-state index contributed by atoms with van der Waals surface area (Å²) in [5.41, 5.74) is 2.51. The van der Waals surface area contributed by atoms with Gasteiger partial charge >= 0.3 is 0 Å². The summed E-state index contributed by atoms with van der Waals surface area (Å²) in [6.45, 7) is 8.26. The number of hydrogen-bond donors (Lipinski definition) is 2. The van der Waals surface area contributed by atoms with Crippen LogP contribution < -0.4 is 15.4 Å². The second-order valence-corrected chi connectivity index (χ2v) is 7.89. The topological polar surface area (TPSA) is 101 Å². The molecule has 182 valence electrons. The first-order chi connectivity index (χ1) is 17.2. The number of aromatic nitrogens is 4. The molecule has 0 radical (unpaired) electrons. The number of anilines is 3. The zero-order chi connectivity index (χ0) is 24.5. The van der Waals surface area contributed by atoms with E-state index in [1.54, 1.807) is 13.3 Å². The number of benzene rings is 2. The monoisotopic (exact) mass is 473 g/mol. The number of ether oxygens (including phenoxy) is 1. The van der Waals surface area contributed by atoms with E-state index in [1.807, 2.05) is 48.5 Å². The van der Waals surface area contributed by atoms with E-state index in [0.29, 0.717) is 29.2 Å². The van der Waals surface area contributed by atoms with Crippen LogP contribution in [-0.4, -0.2) is 58.1 Å². The molecule has 9 nitrogen and oxygen atoms in total. The highest BCUT2D eigenvalue weighted by Crippen LogP contribution is 2.33. The van der Waals surface area contributed by atoms with Gasteiger partial charge in [-0.15, -0.1) is 0 Å². The zero-order valence-electron chi connectivity index (χ0n) is 20.4. The molecule has 2 aromatic carbocycles. The maximum absolute atomic E-state index is 5.57. The van der Waals surface area contributed by atoms with Gasteiger partial charge in [0.25, 0.3) is 0 Å². The molecule has 4 rings (SSSR count). The molecule has 0 atom stereocenters. The third-order valence-corrected chi connectivity index (χ3v) is 5.65. The smallest absolute Gasteiger partial charge is 0.232 e. The van der Waals surface area contributed by atoms with E-state index in [0.717, 1.165) is 49.4 Å². The van der Waals surface area contributed by atoms with Gasteiger partial charge in [-0.25, -0.2) is 4.98 Å². The highest BCUT2D eigenvalue weighted by Gasteiger charge is 2.13. The lowest BCUT2D eigenvalue weighted by atomic mass is 10.1. The summed E-state index contributed by atoms with van der Waals surface area (Å²) in [6, 6.07) is 15.6. The molecule has 35 heavy (non-hydrogen) atoms. The number of hydrogen-bond acceptors (Lipinski definition) is 9. The molecule has 0 aliphatic heterocycles. The Morgan fingerprint density at radius 2 is 1.77 bits per heavy atom. The van der Waals surface area contributed by atoms with Crippen LogP contribution >= 0.6 is 0 Å². The van der Waals surface area contributed by atoms with Crippen molar-refractivity contribution in [3.8, 4) is 28.5 Å². The predicted octanol–water partition coefficient (Wildman–Crippen LogP) is 5.09. The van der Waals surface area contributed by atoms with Crippen molar-refractivity contribution < 1.29 is 9.15 Å². The molecule has 2 N–H and O–H groups in total. The first-order valence-corrected chi connectivity index (χ1v) is 11.8. The largest absolute Gasteiger partial charge is 0.496 e. The van der Waals surface area contributed by atoms with Gasteiger partial charge in [-0.05, 0) is 38.2 Å². The van der Waals surface area contributed by atoms with Crippen LogP contribution in [0.2, 0.25) is 0 Å². The van der Waals surface area contributed by atoms with E-state index in [9.17, 15) is 0 Å². The summed E-state index contributed by atoms with van der Waals surface area (Å²) >= 11 is 0. The lowest BCUT2D eigenvalue weighted by Crippen LogP contribution is -2.25. The first kappa shape index (κ1) is 24.2. The van der Waals surface area contributed by atoms with Crippen LogP contribution in [-0.2, 0) is 0 Å². The molecule has 0 aliphatic rings. The summed E-state index contributed by atoms with van der Waals surface area (Å²) < 4.78 is 11.0. The zero-order valence-corrected chi connectivity index (χ0v) is 20.4. The molecule has 0 spiro atoms. The van der Waals surface area contributed by atoms with E-state index < -0.39 is 0 Å². The fourth-order valence-electron chi connectivity index (χ4n) is 3.72. The molecule has 2 aromatic heterocycles. The average molecular weight is 474 g/mol. The van der Waals surface area contributed by atoms with Crippen molar-refractivity contribution in [2.45, 2.75) is 20.3 Å². The SMILES string of the molecule is CCN(CC)CCCNc1nc(Nc2ccc(-c3cnco3)c(OC)c2)nc(-c2ccccc2)n1. The van der Waals surface area contributed by atoms with E-state index in [4.69, 9.17) is 9.15 Å². The Kier molecular flexibility index (Phi) is 8.24. The predicted molar refractivity (Wildman–Crippen MR) is 138 cm³/mol. The van der Waals surface area contributed by atoms with E-state index in [-0.39, 0.29) is 0 Å². The lowest BCUT2D eigenvalue weighted by Gasteiger charge is -2.17. The maximum Gasteiger partial charge on any atom is 0.232 e. The third-order valence-electron chi connectivity index (χ3n) is 5.65. The fourth-order valence-corrected chi connectivity index (χ4v) is 3.72. The highest BCUT2D eigenvalue weighted by molar-refractivity contribution is 5.71. The van der Waals surface area contributed by atoms with E-state index in [2.05, 4.69) is 49.3 Å². The fraction of sp³-hybridized carbons (Fsp3) is 0.308. The Morgan fingerprint density at radius 3 is 2.49 bits per heavy atom. The van der Waals surface area contributed by atoms with Gasteiger partial charge in [0, 0.05) is 23.9 Å². The van der Waals surface area contributed by atoms with Crippen LogP contribution in [0.15, 0.2) is 65.5 Å². The summed E-state index contributed by atoms with van der Waals surface area (Å²) in [6.07, 6.45) is 4.05. The van der Waals surface area contributed by atoms with Gasteiger partial charge in [0.15, 0.2) is 18.0 Å². The van der Waals surface area contributed by atoms with Crippen molar-refractivity contribution in [1.29, 1.82) is 0 Å². The van der Waals surface area contributed by atoms with Crippen molar-refractivity contribution in [2.24, 2.45) is 0 Å². The van der Waals surface area contributed by atoms with Gasteiger partial charge in [0.2, 0.25) is 11.9 Å². The lowest BCUT2D eigenvalue weighted by molar-refractivity contribution is 0.303. The molecule has 0 bridgehead atoms. The van der Waals surface area contributed by atoms with Crippen LogP contribution in [0.25, 0.3) is 22.7 Å². The van der Waals surface area contributed by atoms with Crippen molar-refractivity contribution in [3.05, 3.63) is 61.1 Å². The number of nitrogens with one attached hydrogen (secondary N) is 2. The maximum atomic E-state index is 5.57. The molecule has 0 saturated carbocycles. The second kappa shape index (κ2) is 11.9. The molecule has 0 aliphatic carbocycles. The van der Waals surface area contributed by atoms with Crippen LogP contribution in [0.3, 0.4) is 0 Å². The quantitative estimate of drug-likeness (QED) is 0.272. The Hall–Kier alpha value is -3.98. The minimum absolute atomic E-state index is 0.444. The van der Waals surface area contributed by atoms with Gasteiger partial charge in [-0.3, -0.25) is 0 Å². The average Bonchev–Trinajstić information content (AvgIpc) is 3.44. The van der Waals surface area contributed by atoms with E-state index >= 15 is 0 Å². The third kappa shape index (κ3) is 6.33. The van der Waals surface area contributed by atoms with Gasteiger partial charge < -0.3 is 24.7 Å². The van der Waals surface area contributed by atoms with E-state index in [1.165, 1.54) is 6.39 Å². The molecule has 0 fully saturated rings. The number of nitrogens with zero attached hydrogens (tertiary/aromatic N) is 5. The molecule has 4 aromatic rings. The summed E-state index contributed by atoms with van der Waals surface area (Å²) in [7, 11) is 1.62. The normalized spacial score (nSPS) is 11.0. The minimum Gasteiger partial charge on any atom is -0.496 e. The first-order valence-electron chi connectivity index (χ1n) is 11.8. The Labute approximate surface area is 205 Å². The Balaban J connectivity index is 1.56. The van der Waals surface area contributed by atoms with Crippen LogP contribution in [0.5, 0.6) is 5.75 Å². The standard InChI is InChI=1S/C26H31N7O2/c1-4-33(5-2)15-9-14-28-25-30-24(19-10-7-6-8-11-19)31-26(32-25)29-20-12-13-21(22(16-20)34-3)23-17-27-18-35-23/h6-8,10-13,16-18H,4-5,9,14-15H2,1-3H3,(H2,28,29,30,31,32). The van der Waals surface area contributed by atoms with Gasteiger partial charge in [-0.2, -0.15) is 15.0 Å². The Bertz CT molecular complexity index is 1200. The van der Waals surface area contributed by atoms with Crippen LogP contribution in [0.4, 0.5) is 17.6 Å².